The molecule has 0 aliphatic carbocycles. The molecule has 1 aromatic rings. The first-order chi connectivity index (χ1) is 9.29. The first-order valence-electron chi connectivity index (χ1n) is 6.76. The molecule has 0 aromatic heterocycles. The van der Waals surface area contributed by atoms with E-state index in [4.69, 9.17) is 0 Å². The first-order valence-corrected chi connectivity index (χ1v) is 7.21. The molecule has 108 valence electrons. The van der Waals surface area contributed by atoms with Crippen molar-refractivity contribution in [3.8, 4) is 0 Å². The molecule has 0 fully saturated rings. The molecule has 0 saturated heterocycles. The summed E-state index contributed by atoms with van der Waals surface area (Å²) in [5, 5.41) is 0. The van der Waals surface area contributed by atoms with E-state index in [1.54, 1.807) is 11.0 Å². The number of carbonyl (C=O) groups is 1. The summed E-state index contributed by atoms with van der Waals surface area (Å²) >= 11 is 4.16. The molecule has 0 spiro atoms. The summed E-state index contributed by atoms with van der Waals surface area (Å²) in [7, 11) is 0. The zero-order chi connectivity index (χ0) is 14.9. The minimum atomic E-state index is -0.488. The maximum atomic E-state index is 13.7. The van der Waals surface area contributed by atoms with Crippen molar-refractivity contribution in [2.75, 3.05) is 13.1 Å². The Morgan fingerprint density at radius 3 is 2.60 bits per heavy atom. The smallest absolute Gasteiger partial charge is 0.257 e. The molecule has 1 amide bonds. The molecule has 4 heteroatoms. The van der Waals surface area contributed by atoms with Gasteiger partial charge in [-0.1, -0.05) is 32.4 Å². The van der Waals surface area contributed by atoms with Crippen molar-refractivity contribution in [3.05, 3.63) is 41.2 Å². The van der Waals surface area contributed by atoms with Crippen molar-refractivity contribution >= 4 is 18.5 Å². The van der Waals surface area contributed by atoms with E-state index in [2.05, 4.69) is 39.5 Å². The average Bonchev–Trinajstić information content (AvgIpc) is 2.40. The number of hydrogen-bond donors (Lipinski definition) is 1. The van der Waals surface area contributed by atoms with Gasteiger partial charge < -0.3 is 4.90 Å². The number of nitrogens with zero attached hydrogens (tertiary/aromatic N) is 1. The highest BCUT2D eigenvalue weighted by atomic mass is 32.1. The fourth-order valence-corrected chi connectivity index (χ4v) is 2.59. The molecular weight excluding hydrogens is 273 g/mol. The Morgan fingerprint density at radius 2 is 2.05 bits per heavy atom. The summed E-state index contributed by atoms with van der Waals surface area (Å²) in [4.78, 5) is 14.6. The zero-order valence-corrected chi connectivity index (χ0v) is 13.0. The van der Waals surface area contributed by atoms with Crippen molar-refractivity contribution in [2.45, 2.75) is 32.1 Å². The second kappa shape index (κ2) is 5.60. The molecule has 0 atom stereocenters. The van der Waals surface area contributed by atoms with Gasteiger partial charge in [0.2, 0.25) is 0 Å². The lowest BCUT2D eigenvalue weighted by atomic mass is 9.83. The predicted molar refractivity (Wildman–Crippen MR) is 81.7 cm³/mol. The Kier molecular flexibility index (Phi) is 4.23. The summed E-state index contributed by atoms with van der Waals surface area (Å²) in [5.41, 5.74) is 1.58. The van der Waals surface area contributed by atoms with Crippen LogP contribution in [0, 0.1) is 11.2 Å². The molecule has 0 bridgehead atoms. The number of thiol groups is 1. The standard InChI is InChI=1S/C16H20FNOS/c1-16(2,3)11-6-8-18(9-7-11)15(19)13-10-12(20)4-5-14(13)17/h4-6,10,20H,7-9H2,1-3H3. The number of benzene rings is 1. The van der Waals surface area contributed by atoms with Gasteiger partial charge in [0.05, 0.1) is 5.56 Å². The van der Waals surface area contributed by atoms with Gasteiger partial charge in [-0.15, -0.1) is 12.6 Å². The number of carbonyl (C=O) groups excluding carboxylic acids is 1. The van der Waals surface area contributed by atoms with Crippen LogP contribution < -0.4 is 0 Å². The normalized spacial score (nSPS) is 16.1. The van der Waals surface area contributed by atoms with Gasteiger partial charge in [-0.3, -0.25) is 4.79 Å². The maximum Gasteiger partial charge on any atom is 0.257 e. The quantitative estimate of drug-likeness (QED) is 0.614. The Hall–Kier alpha value is -1.29. The van der Waals surface area contributed by atoms with Gasteiger partial charge in [0.15, 0.2) is 0 Å². The van der Waals surface area contributed by atoms with E-state index in [1.165, 1.54) is 17.7 Å². The molecule has 1 aliphatic heterocycles. The Morgan fingerprint density at radius 1 is 1.35 bits per heavy atom. The third-order valence-corrected chi connectivity index (χ3v) is 3.92. The third kappa shape index (κ3) is 3.23. The SMILES string of the molecule is CC(C)(C)C1=CCN(C(=O)c2cc(S)ccc2F)CC1. The number of rotatable bonds is 1. The van der Waals surface area contributed by atoms with Gasteiger partial charge in [0, 0.05) is 18.0 Å². The van der Waals surface area contributed by atoms with Crippen LogP contribution in [0.15, 0.2) is 34.7 Å². The van der Waals surface area contributed by atoms with Crippen molar-refractivity contribution in [2.24, 2.45) is 5.41 Å². The number of halogens is 1. The molecule has 2 nitrogen and oxygen atoms in total. The van der Waals surface area contributed by atoms with E-state index < -0.39 is 5.82 Å². The van der Waals surface area contributed by atoms with Gasteiger partial charge in [0.25, 0.3) is 5.91 Å². The van der Waals surface area contributed by atoms with E-state index >= 15 is 0 Å². The van der Waals surface area contributed by atoms with Gasteiger partial charge in [-0.2, -0.15) is 0 Å². The van der Waals surface area contributed by atoms with E-state index in [-0.39, 0.29) is 16.9 Å². The topological polar surface area (TPSA) is 20.3 Å². The monoisotopic (exact) mass is 293 g/mol. The molecule has 0 unspecified atom stereocenters. The van der Waals surface area contributed by atoms with Gasteiger partial charge in [0.1, 0.15) is 5.82 Å². The van der Waals surface area contributed by atoms with Gasteiger partial charge in [-0.25, -0.2) is 4.39 Å². The molecular formula is C16H20FNOS. The van der Waals surface area contributed by atoms with Crippen LogP contribution in [0.4, 0.5) is 4.39 Å². The van der Waals surface area contributed by atoms with E-state index in [0.29, 0.717) is 18.0 Å². The predicted octanol–water partition coefficient (Wildman–Crippen LogP) is 3.93. The Labute approximate surface area is 125 Å². The third-order valence-electron chi connectivity index (χ3n) is 3.64. The van der Waals surface area contributed by atoms with Crippen molar-refractivity contribution in [1.82, 2.24) is 4.90 Å². The van der Waals surface area contributed by atoms with Crippen LogP contribution in [0.25, 0.3) is 0 Å². The molecule has 1 aliphatic rings. The average molecular weight is 293 g/mol. The summed E-state index contributed by atoms with van der Waals surface area (Å²) in [6.07, 6.45) is 2.93. The maximum absolute atomic E-state index is 13.7. The fraction of sp³-hybridized carbons (Fsp3) is 0.438. The minimum absolute atomic E-state index is 0.102. The second-order valence-corrected chi connectivity index (χ2v) is 6.66. The van der Waals surface area contributed by atoms with Crippen LogP contribution in [0.2, 0.25) is 0 Å². The molecule has 20 heavy (non-hydrogen) atoms. The highest BCUT2D eigenvalue weighted by Gasteiger charge is 2.25. The molecule has 1 aromatic carbocycles. The summed E-state index contributed by atoms with van der Waals surface area (Å²) in [5.74, 6) is -0.749. The highest BCUT2D eigenvalue weighted by molar-refractivity contribution is 7.80. The van der Waals surface area contributed by atoms with Crippen molar-refractivity contribution in [1.29, 1.82) is 0 Å². The summed E-state index contributed by atoms with van der Waals surface area (Å²) in [6, 6.07) is 4.32. The largest absolute Gasteiger partial charge is 0.335 e. The van der Waals surface area contributed by atoms with Crippen molar-refractivity contribution in [3.63, 3.8) is 0 Å². The lowest BCUT2D eigenvalue weighted by Crippen LogP contribution is -2.36. The fourth-order valence-electron chi connectivity index (χ4n) is 2.38. The van der Waals surface area contributed by atoms with Crippen LogP contribution in [0.1, 0.15) is 37.6 Å². The molecule has 0 saturated carbocycles. The second-order valence-electron chi connectivity index (χ2n) is 6.14. The lowest BCUT2D eigenvalue weighted by Gasteiger charge is -2.32. The molecule has 0 N–H and O–H groups in total. The summed E-state index contributed by atoms with van der Waals surface area (Å²) < 4.78 is 13.7. The van der Waals surface area contributed by atoms with E-state index in [0.717, 1.165) is 6.42 Å². The van der Waals surface area contributed by atoms with Crippen LogP contribution in [-0.2, 0) is 0 Å². The molecule has 0 radical (unpaired) electrons. The van der Waals surface area contributed by atoms with Crippen LogP contribution in [0.5, 0.6) is 0 Å². The van der Waals surface area contributed by atoms with E-state index in [9.17, 15) is 9.18 Å². The Balaban J connectivity index is 2.17. The highest BCUT2D eigenvalue weighted by Crippen LogP contribution is 2.30. The first kappa shape index (κ1) is 15.1. The van der Waals surface area contributed by atoms with Crippen molar-refractivity contribution < 1.29 is 9.18 Å². The van der Waals surface area contributed by atoms with Crippen LogP contribution in [-0.4, -0.2) is 23.9 Å². The number of amides is 1. The Bertz CT molecular complexity index is 560. The van der Waals surface area contributed by atoms with Crippen LogP contribution >= 0.6 is 12.6 Å². The lowest BCUT2D eigenvalue weighted by molar-refractivity contribution is 0.0760. The molecule has 1 heterocycles. The van der Waals surface area contributed by atoms with E-state index in [1.807, 2.05) is 0 Å². The van der Waals surface area contributed by atoms with Crippen LogP contribution in [0.3, 0.4) is 0 Å². The molecule has 2 rings (SSSR count). The van der Waals surface area contributed by atoms with Gasteiger partial charge in [-0.05, 0) is 30.0 Å². The minimum Gasteiger partial charge on any atom is -0.335 e. The van der Waals surface area contributed by atoms with Gasteiger partial charge >= 0.3 is 0 Å². The number of hydrogen-bond acceptors (Lipinski definition) is 2. The zero-order valence-electron chi connectivity index (χ0n) is 12.1. The summed E-state index contributed by atoms with van der Waals surface area (Å²) in [6.45, 7) is 7.68.